The summed E-state index contributed by atoms with van der Waals surface area (Å²) in [7, 11) is 1.72. The van der Waals surface area contributed by atoms with Gasteiger partial charge in [0.15, 0.2) is 8.68 Å². The second-order valence-electron chi connectivity index (χ2n) is 3.69. The summed E-state index contributed by atoms with van der Waals surface area (Å²) in [5.41, 5.74) is 0. The standard InChI is InChI=1S/C11H16N4OS3/c1-4-17-10-13-14-11(19-10)18-8(2)9(16)15(3)7-5-6-12/h8H,4-5,7H2,1-3H3/t8-/m1/s1. The predicted molar refractivity (Wildman–Crippen MR) is 79.5 cm³/mol. The van der Waals surface area contributed by atoms with Gasteiger partial charge in [-0.15, -0.1) is 10.2 Å². The van der Waals surface area contributed by atoms with Gasteiger partial charge in [-0.2, -0.15) is 5.26 Å². The van der Waals surface area contributed by atoms with E-state index in [2.05, 4.69) is 17.1 Å². The van der Waals surface area contributed by atoms with Crippen LogP contribution in [0, 0.1) is 11.3 Å². The fourth-order valence-corrected chi connectivity index (χ4v) is 4.44. The molecule has 8 heteroatoms. The molecule has 1 amide bonds. The average Bonchev–Trinajstić information content (AvgIpc) is 2.82. The van der Waals surface area contributed by atoms with E-state index >= 15 is 0 Å². The Hall–Kier alpha value is -0.780. The number of nitrogens with zero attached hydrogens (tertiary/aromatic N) is 4. The molecule has 1 heterocycles. The number of carbonyl (C=O) groups is 1. The Morgan fingerprint density at radius 3 is 2.84 bits per heavy atom. The van der Waals surface area contributed by atoms with Crippen molar-refractivity contribution in [2.45, 2.75) is 34.2 Å². The van der Waals surface area contributed by atoms with Crippen molar-refractivity contribution in [1.29, 1.82) is 5.26 Å². The lowest BCUT2D eigenvalue weighted by Crippen LogP contribution is -2.33. The van der Waals surface area contributed by atoms with Crippen LogP contribution in [0.4, 0.5) is 0 Å². The lowest BCUT2D eigenvalue weighted by atomic mass is 10.3. The maximum atomic E-state index is 12.0. The van der Waals surface area contributed by atoms with E-state index in [0.29, 0.717) is 13.0 Å². The van der Waals surface area contributed by atoms with Crippen molar-refractivity contribution >= 4 is 40.8 Å². The molecule has 0 aliphatic carbocycles. The number of thioether (sulfide) groups is 2. The Morgan fingerprint density at radius 1 is 1.53 bits per heavy atom. The summed E-state index contributed by atoms with van der Waals surface area (Å²) in [6.07, 6.45) is 0.357. The third-order valence-corrected chi connectivity index (χ3v) is 5.33. The normalized spacial score (nSPS) is 11.9. The van der Waals surface area contributed by atoms with E-state index in [0.717, 1.165) is 14.4 Å². The minimum absolute atomic E-state index is 0.0140. The maximum absolute atomic E-state index is 12.0. The van der Waals surface area contributed by atoms with Crippen LogP contribution in [0.2, 0.25) is 0 Å². The fraction of sp³-hybridized carbons (Fsp3) is 0.636. The van der Waals surface area contributed by atoms with Crippen molar-refractivity contribution in [3.63, 3.8) is 0 Å². The molecule has 5 nitrogen and oxygen atoms in total. The van der Waals surface area contributed by atoms with Gasteiger partial charge < -0.3 is 4.90 Å². The smallest absolute Gasteiger partial charge is 0.235 e. The minimum Gasteiger partial charge on any atom is -0.344 e. The van der Waals surface area contributed by atoms with Gasteiger partial charge in [0.05, 0.1) is 17.7 Å². The summed E-state index contributed by atoms with van der Waals surface area (Å²) in [5.74, 6) is 0.977. The molecule has 0 unspecified atom stereocenters. The molecule has 1 rings (SSSR count). The largest absolute Gasteiger partial charge is 0.344 e. The van der Waals surface area contributed by atoms with Crippen molar-refractivity contribution in [3.8, 4) is 6.07 Å². The van der Waals surface area contributed by atoms with Crippen LogP contribution in [-0.4, -0.2) is 45.6 Å². The lowest BCUT2D eigenvalue weighted by Gasteiger charge is -2.18. The predicted octanol–water partition coefficient (Wildman–Crippen LogP) is 2.50. The van der Waals surface area contributed by atoms with Crippen molar-refractivity contribution < 1.29 is 4.79 Å². The molecule has 0 N–H and O–H groups in total. The van der Waals surface area contributed by atoms with E-state index in [1.807, 2.05) is 13.0 Å². The molecule has 0 aliphatic rings. The molecule has 0 bridgehead atoms. The highest BCUT2D eigenvalue weighted by molar-refractivity contribution is 8.03. The molecule has 0 saturated heterocycles. The quantitative estimate of drug-likeness (QED) is 0.720. The summed E-state index contributed by atoms with van der Waals surface area (Å²) in [6, 6.07) is 2.04. The lowest BCUT2D eigenvalue weighted by molar-refractivity contribution is -0.128. The number of hydrogen-bond donors (Lipinski definition) is 0. The van der Waals surface area contributed by atoms with Crippen LogP contribution in [0.15, 0.2) is 8.68 Å². The van der Waals surface area contributed by atoms with Crippen LogP contribution in [-0.2, 0) is 4.79 Å². The molecule has 104 valence electrons. The van der Waals surface area contributed by atoms with Crippen molar-refractivity contribution in [3.05, 3.63) is 0 Å². The van der Waals surface area contributed by atoms with Gasteiger partial charge in [-0.25, -0.2) is 0 Å². The Balaban J connectivity index is 2.50. The number of aromatic nitrogens is 2. The summed E-state index contributed by atoms with van der Waals surface area (Å²) < 4.78 is 1.74. The van der Waals surface area contributed by atoms with Gasteiger partial charge in [-0.05, 0) is 12.7 Å². The zero-order valence-electron chi connectivity index (χ0n) is 11.1. The number of nitriles is 1. The fourth-order valence-electron chi connectivity index (χ4n) is 1.27. The van der Waals surface area contributed by atoms with E-state index in [1.165, 1.54) is 23.1 Å². The Labute approximate surface area is 125 Å². The number of rotatable bonds is 7. The zero-order valence-corrected chi connectivity index (χ0v) is 13.6. The van der Waals surface area contributed by atoms with Crippen LogP contribution < -0.4 is 0 Å². The van der Waals surface area contributed by atoms with E-state index in [9.17, 15) is 4.79 Å². The molecule has 19 heavy (non-hydrogen) atoms. The average molecular weight is 316 g/mol. The van der Waals surface area contributed by atoms with Crippen molar-refractivity contribution in [2.24, 2.45) is 0 Å². The first-order valence-electron chi connectivity index (χ1n) is 5.83. The number of hydrogen-bond acceptors (Lipinski definition) is 7. The van der Waals surface area contributed by atoms with Gasteiger partial charge in [0, 0.05) is 13.6 Å². The molecular weight excluding hydrogens is 300 g/mol. The summed E-state index contributed by atoms with van der Waals surface area (Å²) in [6.45, 7) is 4.38. The molecule has 1 aromatic rings. The van der Waals surface area contributed by atoms with E-state index in [4.69, 9.17) is 5.26 Å². The van der Waals surface area contributed by atoms with E-state index < -0.39 is 0 Å². The molecule has 0 radical (unpaired) electrons. The Morgan fingerprint density at radius 2 is 2.21 bits per heavy atom. The molecule has 1 atom stereocenters. The zero-order chi connectivity index (χ0) is 14.3. The van der Waals surface area contributed by atoms with Crippen LogP contribution in [0.1, 0.15) is 20.3 Å². The highest BCUT2D eigenvalue weighted by Gasteiger charge is 2.20. The highest BCUT2D eigenvalue weighted by Crippen LogP contribution is 2.31. The van der Waals surface area contributed by atoms with Gasteiger partial charge in [0.1, 0.15) is 0 Å². The van der Waals surface area contributed by atoms with Crippen LogP contribution in [0.25, 0.3) is 0 Å². The van der Waals surface area contributed by atoms with Gasteiger partial charge >= 0.3 is 0 Å². The van der Waals surface area contributed by atoms with Crippen LogP contribution >= 0.6 is 34.9 Å². The minimum atomic E-state index is -0.212. The number of amides is 1. The third kappa shape index (κ3) is 5.38. The molecule has 0 spiro atoms. The Bertz CT molecular complexity index is 457. The van der Waals surface area contributed by atoms with Crippen LogP contribution in [0.5, 0.6) is 0 Å². The van der Waals surface area contributed by atoms with Crippen molar-refractivity contribution in [1.82, 2.24) is 15.1 Å². The van der Waals surface area contributed by atoms with E-state index in [-0.39, 0.29) is 11.2 Å². The maximum Gasteiger partial charge on any atom is 0.235 e. The van der Waals surface area contributed by atoms with E-state index in [1.54, 1.807) is 23.7 Å². The summed E-state index contributed by atoms with van der Waals surface area (Å²) in [4.78, 5) is 13.6. The molecular formula is C11H16N4OS3. The first-order valence-corrected chi connectivity index (χ1v) is 8.51. The van der Waals surface area contributed by atoms with Gasteiger partial charge in [-0.3, -0.25) is 4.79 Å². The molecule has 0 aromatic carbocycles. The van der Waals surface area contributed by atoms with Crippen molar-refractivity contribution in [2.75, 3.05) is 19.3 Å². The molecule has 0 aliphatic heterocycles. The summed E-state index contributed by atoms with van der Waals surface area (Å²) >= 11 is 4.58. The molecule has 0 fully saturated rings. The SMILES string of the molecule is CCSc1nnc(S[C@H](C)C(=O)N(C)CCC#N)s1. The Kier molecular flexibility index (Phi) is 7.20. The topological polar surface area (TPSA) is 69.9 Å². The van der Waals surface area contributed by atoms with Crippen LogP contribution in [0.3, 0.4) is 0 Å². The van der Waals surface area contributed by atoms with Gasteiger partial charge in [-0.1, -0.05) is 41.8 Å². The first-order chi connectivity index (χ1) is 9.08. The van der Waals surface area contributed by atoms with Gasteiger partial charge in [0.25, 0.3) is 0 Å². The first kappa shape index (κ1) is 16.3. The second-order valence-corrected chi connectivity index (χ2v) is 7.77. The third-order valence-electron chi connectivity index (χ3n) is 2.22. The monoisotopic (exact) mass is 316 g/mol. The molecule has 1 aromatic heterocycles. The van der Waals surface area contributed by atoms with Gasteiger partial charge in [0.2, 0.25) is 5.91 Å². The molecule has 0 saturated carbocycles. The summed E-state index contributed by atoms with van der Waals surface area (Å²) in [5, 5.41) is 16.4. The second kappa shape index (κ2) is 8.40. The number of carbonyl (C=O) groups excluding carboxylic acids is 1. The highest BCUT2D eigenvalue weighted by atomic mass is 32.2.